The molecular formula is C43H76NO9P. The van der Waals surface area contributed by atoms with E-state index in [4.69, 9.17) is 24.3 Å². The Morgan fingerprint density at radius 3 is 1.80 bits per heavy atom. The number of ether oxygens (including phenoxy) is 2. The first-order valence-electron chi connectivity index (χ1n) is 20.7. The zero-order chi connectivity index (χ0) is 39.8. The molecule has 0 saturated heterocycles. The summed E-state index contributed by atoms with van der Waals surface area (Å²) in [6, 6.07) is 0. The van der Waals surface area contributed by atoms with Gasteiger partial charge in [-0.2, -0.15) is 0 Å². The highest BCUT2D eigenvalue weighted by molar-refractivity contribution is 7.47. The van der Waals surface area contributed by atoms with Crippen molar-refractivity contribution in [3.63, 3.8) is 0 Å². The number of hydrogen-bond acceptors (Lipinski definition) is 9. The van der Waals surface area contributed by atoms with Gasteiger partial charge in [0.1, 0.15) is 6.61 Å². The van der Waals surface area contributed by atoms with Crippen LogP contribution in [0.15, 0.2) is 73.1 Å². The highest BCUT2D eigenvalue weighted by atomic mass is 31.2. The lowest BCUT2D eigenvalue weighted by atomic mass is 10.1. The van der Waals surface area contributed by atoms with E-state index in [2.05, 4.69) is 26.0 Å². The van der Waals surface area contributed by atoms with Gasteiger partial charge in [0.05, 0.1) is 31.7 Å². The number of carbonyl (C=O) groups excluding carboxylic acids is 1. The SMILES string of the molecule is CCCCCC/C=C\CCCCCCCC/C=C/O[C@H](COC(=O)CCC[C@@H](O)/C=C/C=C\C/C=C\C=C\[C@@H](O)CCCCC)COP(=O)(O)OCCN. The molecule has 1 unspecified atom stereocenters. The minimum absolute atomic E-state index is 0.0635. The van der Waals surface area contributed by atoms with Gasteiger partial charge in [0, 0.05) is 13.0 Å². The van der Waals surface area contributed by atoms with Crippen molar-refractivity contribution in [3.8, 4) is 0 Å². The summed E-state index contributed by atoms with van der Waals surface area (Å²) in [6.07, 6.45) is 42.3. The van der Waals surface area contributed by atoms with E-state index < -0.39 is 32.1 Å². The zero-order valence-electron chi connectivity index (χ0n) is 33.7. The second kappa shape index (κ2) is 39.0. The number of allylic oxidation sites excluding steroid dienone is 9. The molecule has 0 fully saturated rings. The van der Waals surface area contributed by atoms with Gasteiger partial charge >= 0.3 is 13.8 Å². The van der Waals surface area contributed by atoms with Gasteiger partial charge in [-0.3, -0.25) is 13.8 Å². The Labute approximate surface area is 328 Å². The van der Waals surface area contributed by atoms with Crippen molar-refractivity contribution in [1.29, 1.82) is 0 Å². The third-order valence-corrected chi connectivity index (χ3v) is 9.38. The lowest BCUT2D eigenvalue weighted by Gasteiger charge is -2.19. The van der Waals surface area contributed by atoms with Gasteiger partial charge < -0.3 is 30.3 Å². The van der Waals surface area contributed by atoms with Crippen molar-refractivity contribution in [2.75, 3.05) is 26.4 Å². The van der Waals surface area contributed by atoms with Crippen LogP contribution in [0.3, 0.4) is 0 Å². The molecule has 0 radical (unpaired) electrons. The van der Waals surface area contributed by atoms with Crippen LogP contribution in [0.5, 0.6) is 0 Å². The van der Waals surface area contributed by atoms with E-state index in [0.29, 0.717) is 12.8 Å². The molecule has 0 spiro atoms. The maximum atomic E-state index is 12.4. The molecule has 0 aliphatic carbocycles. The largest absolute Gasteiger partial charge is 0.492 e. The number of rotatable bonds is 38. The lowest BCUT2D eigenvalue weighted by Crippen LogP contribution is -2.25. The van der Waals surface area contributed by atoms with Gasteiger partial charge in [0.2, 0.25) is 0 Å². The Bertz CT molecular complexity index is 1090. The number of phosphoric acid groups is 1. The smallest absolute Gasteiger partial charge is 0.472 e. The van der Waals surface area contributed by atoms with Crippen molar-refractivity contribution in [2.24, 2.45) is 5.73 Å². The van der Waals surface area contributed by atoms with Gasteiger partial charge in [-0.05, 0) is 70.3 Å². The van der Waals surface area contributed by atoms with E-state index in [9.17, 15) is 24.5 Å². The first-order valence-corrected chi connectivity index (χ1v) is 22.2. The van der Waals surface area contributed by atoms with Crippen molar-refractivity contribution >= 4 is 13.8 Å². The number of hydrogen-bond donors (Lipinski definition) is 4. The summed E-state index contributed by atoms with van der Waals surface area (Å²) in [5.41, 5.74) is 5.34. The van der Waals surface area contributed by atoms with Crippen LogP contribution < -0.4 is 5.73 Å². The van der Waals surface area contributed by atoms with E-state index in [0.717, 1.165) is 51.4 Å². The fourth-order valence-electron chi connectivity index (χ4n) is 5.19. The van der Waals surface area contributed by atoms with Gasteiger partial charge in [0.25, 0.3) is 0 Å². The van der Waals surface area contributed by atoms with E-state index in [1.165, 1.54) is 70.5 Å². The summed E-state index contributed by atoms with van der Waals surface area (Å²) in [5.74, 6) is -0.469. The molecule has 11 heteroatoms. The van der Waals surface area contributed by atoms with Gasteiger partial charge in [-0.1, -0.05) is 139 Å². The minimum Gasteiger partial charge on any atom is -0.492 e. The lowest BCUT2D eigenvalue weighted by molar-refractivity contribution is -0.147. The molecule has 0 saturated carbocycles. The third-order valence-electron chi connectivity index (χ3n) is 8.39. The molecule has 0 amide bonds. The van der Waals surface area contributed by atoms with Crippen LogP contribution in [0.4, 0.5) is 0 Å². The summed E-state index contributed by atoms with van der Waals surface area (Å²) in [7, 11) is -4.33. The Morgan fingerprint density at radius 2 is 1.20 bits per heavy atom. The van der Waals surface area contributed by atoms with Crippen LogP contribution in [0.2, 0.25) is 0 Å². The topological polar surface area (TPSA) is 158 Å². The first-order chi connectivity index (χ1) is 26.2. The molecule has 0 bridgehead atoms. The molecule has 4 atom stereocenters. The Morgan fingerprint density at radius 1 is 0.667 bits per heavy atom. The molecule has 312 valence electrons. The summed E-state index contributed by atoms with van der Waals surface area (Å²) in [4.78, 5) is 22.3. The fraction of sp³-hybridized carbons (Fsp3) is 0.698. The van der Waals surface area contributed by atoms with Crippen LogP contribution >= 0.6 is 7.82 Å². The molecular weight excluding hydrogens is 705 g/mol. The van der Waals surface area contributed by atoms with Gasteiger partial charge in [0.15, 0.2) is 6.10 Å². The number of phosphoric ester groups is 1. The number of aliphatic hydroxyl groups is 2. The second-order valence-corrected chi connectivity index (χ2v) is 15.1. The molecule has 0 aliphatic rings. The van der Waals surface area contributed by atoms with Crippen LogP contribution in [0.25, 0.3) is 0 Å². The minimum atomic E-state index is -4.33. The normalized spacial score (nSPS) is 15.4. The van der Waals surface area contributed by atoms with Crippen molar-refractivity contribution in [1.82, 2.24) is 0 Å². The Balaban J connectivity index is 4.38. The van der Waals surface area contributed by atoms with E-state index in [-0.39, 0.29) is 32.8 Å². The summed E-state index contributed by atoms with van der Waals surface area (Å²) < 4.78 is 33.0. The van der Waals surface area contributed by atoms with Crippen LogP contribution in [-0.4, -0.2) is 65.8 Å². The van der Waals surface area contributed by atoms with E-state index in [1.807, 2.05) is 36.5 Å². The number of esters is 1. The van der Waals surface area contributed by atoms with Crippen molar-refractivity contribution in [2.45, 2.75) is 167 Å². The standard InChI is InChI=1S/C43H76NO9P/c1-3-5-7-8-9-10-11-12-13-14-15-16-17-21-24-28-36-50-42(39-53-54(48,49)52-37-35-44)38-51-43(47)34-29-33-41(46)32-27-23-20-18-19-22-26-31-40(45)30-25-6-4-2/h10-11,19-20,22-23,26-28,31-32,36,40-42,45-46H,3-9,12-18,21,24-25,29-30,33-35,37-39,44H2,1-2H3,(H,48,49)/b11-10-,22-19-,23-20-,31-26+,32-27+,36-28+/t40-,41-,42+/m0/s1. The molecule has 5 N–H and O–H groups in total. The van der Waals surface area contributed by atoms with Crippen LogP contribution in [-0.2, 0) is 27.9 Å². The van der Waals surface area contributed by atoms with E-state index >= 15 is 0 Å². The first kappa shape index (κ1) is 51.7. The van der Waals surface area contributed by atoms with Crippen molar-refractivity contribution < 1.29 is 43.0 Å². The molecule has 10 nitrogen and oxygen atoms in total. The second-order valence-electron chi connectivity index (χ2n) is 13.6. The van der Waals surface area contributed by atoms with Gasteiger partial charge in [-0.15, -0.1) is 0 Å². The fourth-order valence-corrected chi connectivity index (χ4v) is 5.95. The van der Waals surface area contributed by atoms with Gasteiger partial charge in [-0.25, -0.2) is 4.57 Å². The molecule has 0 heterocycles. The molecule has 0 aromatic rings. The summed E-state index contributed by atoms with van der Waals surface area (Å²) in [5, 5.41) is 20.1. The third kappa shape index (κ3) is 38.0. The predicted molar refractivity (Wildman–Crippen MR) is 222 cm³/mol. The maximum absolute atomic E-state index is 12.4. The molecule has 54 heavy (non-hydrogen) atoms. The number of nitrogens with two attached hydrogens (primary N) is 1. The molecule has 0 aromatic carbocycles. The average Bonchev–Trinajstić information content (AvgIpc) is 3.15. The summed E-state index contributed by atoms with van der Waals surface area (Å²) >= 11 is 0. The Hall–Kier alpha value is -2.30. The van der Waals surface area contributed by atoms with Crippen LogP contribution in [0, 0.1) is 0 Å². The Kier molecular flexibility index (Phi) is 37.3. The average molecular weight is 782 g/mol. The number of unbranched alkanes of at least 4 members (excludes halogenated alkanes) is 13. The highest BCUT2D eigenvalue weighted by Crippen LogP contribution is 2.43. The molecule has 0 aromatic heterocycles. The van der Waals surface area contributed by atoms with Crippen molar-refractivity contribution in [3.05, 3.63) is 73.1 Å². The predicted octanol–water partition coefficient (Wildman–Crippen LogP) is 10.3. The highest BCUT2D eigenvalue weighted by Gasteiger charge is 2.24. The monoisotopic (exact) mass is 782 g/mol. The zero-order valence-corrected chi connectivity index (χ0v) is 34.5. The molecule has 0 aliphatic heterocycles. The van der Waals surface area contributed by atoms with E-state index in [1.54, 1.807) is 18.2 Å². The maximum Gasteiger partial charge on any atom is 0.472 e. The summed E-state index contributed by atoms with van der Waals surface area (Å²) in [6.45, 7) is 3.81. The molecule has 0 rings (SSSR count). The number of aliphatic hydroxyl groups excluding tert-OH is 2. The quantitative estimate of drug-likeness (QED) is 0.0119. The number of carbonyl (C=O) groups is 1. The van der Waals surface area contributed by atoms with Crippen LogP contribution in [0.1, 0.15) is 149 Å².